The maximum Gasteiger partial charge on any atom is 0.244 e. The molecule has 0 spiro atoms. The average Bonchev–Trinajstić information content (AvgIpc) is 2.60. The zero-order chi connectivity index (χ0) is 18.1. The second kappa shape index (κ2) is 9.26. The van der Waals surface area contributed by atoms with Gasteiger partial charge in [-0.2, -0.15) is 5.26 Å². The van der Waals surface area contributed by atoms with Gasteiger partial charge in [0.05, 0.1) is 6.07 Å². The van der Waals surface area contributed by atoms with Crippen LogP contribution in [0.1, 0.15) is 17.5 Å². The van der Waals surface area contributed by atoms with Crippen molar-refractivity contribution in [3.05, 3.63) is 70.8 Å². The Morgan fingerprint density at radius 2 is 1.96 bits per heavy atom. The number of carbonyl (C=O) groups is 2. The van der Waals surface area contributed by atoms with E-state index in [9.17, 15) is 9.59 Å². The minimum absolute atomic E-state index is 0.201. The van der Waals surface area contributed by atoms with Crippen LogP contribution in [0.4, 0.5) is 5.69 Å². The molecule has 2 N–H and O–H groups in total. The second-order valence-electron chi connectivity index (χ2n) is 5.16. The summed E-state index contributed by atoms with van der Waals surface area (Å²) >= 11 is 6.02. The molecule has 0 saturated heterocycles. The van der Waals surface area contributed by atoms with E-state index in [-0.39, 0.29) is 18.2 Å². The van der Waals surface area contributed by atoms with Crippen molar-refractivity contribution in [2.24, 2.45) is 0 Å². The lowest BCUT2D eigenvalue weighted by Crippen LogP contribution is -2.20. The summed E-state index contributed by atoms with van der Waals surface area (Å²) in [6, 6.07) is 16.1. The van der Waals surface area contributed by atoms with E-state index in [0.29, 0.717) is 17.3 Å². The fraction of sp³-hybridized carbons (Fsp3) is 0.105. The molecule has 0 bridgehead atoms. The minimum atomic E-state index is -0.369. The standard InChI is InChI=1S/C19H16ClN3O2/c20-17-7-2-1-5-15(17)8-9-18(24)22-13-14-4-3-6-16(12-14)23-19(25)10-11-21/h1-9,12H,10,13H2,(H,22,24)(H,23,25)/b9-8+. The molecule has 5 nitrogen and oxygen atoms in total. The van der Waals surface area contributed by atoms with Gasteiger partial charge in [-0.1, -0.05) is 41.9 Å². The summed E-state index contributed by atoms with van der Waals surface area (Å²) in [6.45, 7) is 0.313. The number of hydrogen-bond acceptors (Lipinski definition) is 3. The van der Waals surface area contributed by atoms with E-state index in [0.717, 1.165) is 11.1 Å². The van der Waals surface area contributed by atoms with Crippen molar-refractivity contribution in [1.82, 2.24) is 5.32 Å². The lowest BCUT2D eigenvalue weighted by atomic mass is 10.2. The number of hydrogen-bond donors (Lipinski definition) is 2. The molecule has 2 aromatic carbocycles. The summed E-state index contributed by atoms with van der Waals surface area (Å²) in [6.07, 6.45) is 2.86. The van der Waals surface area contributed by atoms with Gasteiger partial charge in [-0.05, 0) is 35.4 Å². The van der Waals surface area contributed by atoms with Crippen molar-refractivity contribution >= 4 is 35.2 Å². The summed E-state index contributed by atoms with van der Waals surface area (Å²) in [4.78, 5) is 23.3. The topological polar surface area (TPSA) is 82.0 Å². The molecular formula is C19H16ClN3O2. The molecule has 2 rings (SSSR count). The number of rotatable bonds is 6. The molecule has 0 aromatic heterocycles. The number of nitriles is 1. The summed E-state index contributed by atoms with van der Waals surface area (Å²) in [5.41, 5.74) is 2.18. The van der Waals surface area contributed by atoms with E-state index in [1.54, 1.807) is 36.4 Å². The molecule has 0 aliphatic heterocycles. The molecule has 25 heavy (non-hydrogen) atoms. The fourth-order valence-electron chi connectivity index (χ4n) is 2.06. The lowest BCUT2D eigenvalue weighted by Gasteiger charge is -2.07. The monoisotopic (exact) mass is 353 g/mol. The second-order valence-corrected chi connectivity index (χ2v) is 5.56. The van der Waals surface area contributed by atoms with Crippen molar-refractivity contribution in [1.29, 1.82) is 5.26 Å². The first-order valence-electron chi connectivity index (χ1n) is 7.54. The Labute approximate surface area is 150 Å². The molecule has 0 radical (unpaired) electrons. The third kappa shape index (κ3) is 6.13. The third-order valence-electron chi connectivity index (χ3n) is 3.24. The Hall–Kier alpha value is -3.10. The Morgan fingerprint density at radius 3 is 2.72 bits per heavy atom. The molecule has 0 unspecified atom stereocenters. The number of nitrogens with one attached hydrogen (secondary N) is 2. The minimum Gasteiger partial charge on any atom is -0.348 e. The van der Waals surface area contributed by atoms with Crippen molar-refractivity contribution in [2.75, 3.05) is 5.32 Å². The number of carbonyl (C=O) groups excluding carboxylic acids is 2. The Kier molecular flexibility index (Phi) is 6.76. The van der Waals surface area contributed by atoms with Gasteiger partial charge in [0.1, 0.15) is 6.42 Å². The van der Waals surface area contributed by atoms with E-state index in [2.05, 4.69) is 10.6 Å². The van der Waals surface area contributed by atoms with Gasteiger partial charge in [0, 0.05) is 23.3 Å². The lowest BCUT2D eigenvalue weighted by molar-refractivity contribution is -0.117. The maximum absolute atomic E-state index is 11.9. The van der Waals surface area contributed by atoms with E-state index in [4.69, 9.17) is 16.9 Å². The summed E-state index contributed by atoms with van der Waals surface area (Å²) in [5.74, 6) is -0.620. The summed E-state index contributed by atoms with van der Waals surface area (Å²) < 4.78 is 0. The normalized spacial score (nSPS) is 10.2. The van der Waals surface area contributed by atoms with Crippen LogP contribution in [-0.2, 0) is 16.1 Å². The fourth-order valence-corrected chi connectivity index (χ4v) is 2.26. The SMILES string of the molecule is N#CCC(=O)Nc1cccc(CNC(=O)/C=C/c2ccccc2Cl)c1. The zero-order valence-corrected chi connectivity index (χ0v) is 14.1. The van der Waals surface area contributed by atoms with Gasteiger partial charge in [0.25, 0.3) is 0 Å². The first-order chi connectivity index (χ1) is 12.1. The quantitative estimate of drug-likeness (QED) is 0.779. The predicted molar refractivity (Wildman–Crippen MR) is 97.6 cm³/mol. The number of anilines is 1. The third-order valence-corrected chi connectivity index (χ3v) is 3.58. The highest BCUT2D eigenvalue weighted by Crippen LogP contribution is 2.16. The molecule has 2 aromatic rings. The molecule has 2 amide bonds. The molecule has 0 fully saturated rings. The van der Waals surface area contributed by atoms with E-state index >= 15 is 0 Å². The first kappa shape index (κ1) is 18.2. The van der Waals surface area contributed by atoms with Gasteiger partial charge in [-0.3, -0.25) is 9.59 Å². The average molecular weight is 354 g/mol. The van der Waals surface area contributed by atoms with Crippen LogP contribution in [0, 0.1) is 11.3 Å². The van der Waals surface area contributed by atoms with Gasteiger partial charge in [0.2, 0.25) is 11.8 Å². The van der Waals surface area contributed by atoms with Gasteiger partial charge in [-0.15, -0.1) is 0 Å². The molecule has 6 heteroatoms. The van der Waals surface area contributed by atoms with Crippen molar-refractivity contribution in [3.63, 3.8) is 0 Å². The van der Waals surface area contributed by atoms with Crippen LogP contribution in [-0.4, -0.2) is 11.8 Å². The number of nitrogens with zero attached hydrogens (tertiary/aromatic N) is 1. The Bertz CT molecular complexity index is 841. The van der Waals surface area contributed by atoms with Gasteiger partial charge >= 0.3 is 0 Å². The highest BCUT2D eigenvalue weighted by molar-refractivity contribution is 6.32. The van der Waals surface area contributed by atoms with Crippen LogP contribution in [0.5, 0.6) is 0 Å². The molecule has 126 valence electrons. The molecule has 0 atom stereocenters. The van der Waals surface area contributed by atoms with Gasteiger partial charge in [0.15, 0.2) is 0 Å². The maximum atomic E-state index is 11.9. The van der Waals surface area contributed by atoms with E-state index < -0.39 is 0 Å². The number of halogens is 1. The molecule has 0 heterocycles. The summed E-state index contributed by atoms with van der Waals surface area (Å²) in [5, 5.41) is 14.4. The van der Waals surface area contributed by atoms with Crippen LogP contribution >= 0.6 is 11.6 Å². The zero-order valence-electron chi connectivity index (χ0n) is 13.3. The largest absolute Gasteiger partial charge is 0.348 e. The molecule has 0 aliphatic carbocycles. The van der Waals surface area contributed by atoms with Gasteiger partial charge in [-0.25, -0.2) is 0 Å². The van der Waals surface area contributed by atoms with Crippen LogP contribution in [0.3, 0.4) is 0 Å². The van der Waals surface area contributed by atoms with E-state index in [1.165, 1.54) is 6.08 Å². The van der Waals surface area contributed by atoms with E-state index in [1.807, 2.05) is 24.3 Å². The Morgan fingerprint density at radius 1 is 1.16 bits per heavy atom. The van der Waals surface area contributed by atoms with Crippen LogP contribution < -0.4 is 10.6 Å². The van der Waals surface area contributed by atoms with Crippen molar-refractivity contribution < 1.29 is 9.59 Å². The van der Waals surface area contributed by atoms with Crippen LogP contribution in [0.15, 0.2) is 54.6 Å². The molecule has 0 aliphatic rings. The van der Waals surface area contributed by atoms with Gasteiger partial charge < -0.3 is 10.6 Å². The highest BCUT2D eigenvalue weighted by atomic mass is 35.5. The van der Waals surface area contributed by atoms with Crippen LogP contribution in [0.25, 0.3) is 6.08 Å². The highest BCUT2D eigenvalue weighted by Gasteiger charge is 2.03. The number of amides is 2. The Balaban J connectivity index is 1.90. The first-order valence-corrected chi connectivity index (χ1v) is 7.92. The van der Waals surface area contributed by atoms with Crippen LogP contribution in [0.2, 0.25) is 5.02 Å². The summed E-state index contributed by atoms with van der Waals surface area (Å²) in [7, 11) is 0. The smallest absolute Gasteiger partial charge is 0.244 e. The number of benzene rings is 2. The van der Waals surface area contributed by atoms with Crippen molar-refractivity contribution in [3.8, 4) is 6.07 Å². The predicted octanol–water partition coefficient (Wildman–Crippen LogP) is 3.52. The molecular weight excluding hydrogens is 338 g/mol. The molecule has 0 saturated carbocycles. The van der Waals surface area contributed by atoms with Crippen molar-refractivity contribution in [2.45, 2.75) is 13.0 Å².